The number of nitrogens with zero attached hydrogens (tertiary/aromatic N) is 3. The van der Waals surface area contributed by atoms with Crippen LogP contribution in [-0.4, -0.2) is 74.0 Å². The first-order valence-corrected chi connectivity index (χ1v) is 15.6. The van der Waals surface area contributed by atoms with Gasteiger partial charge in [0.15, 0.2) is 5.82 Å². The second-order valence-corrected chi connectivity index (χ2v) is 11.3. The highest BCUT2D eigenvalue weighted by atomic mass is 32.2. The minimum atomic E-state index is -0.464. The number of hydrogen-bond acceptors (Lipinski definition) is 11. The first kappa shape index (κ1) is 35.7. The lowest BCUT2D eigenvalue weighted by Crippen LogP contribution is -2.48. The van der Waals surface area contributed by atoms with Gasteiger partial charge >= 0.3 is 0 Å². The average molecular weight is 586 g/mol. The van der Waals surface area contributed by atoms with E-state index in [0.29, 0.717) is 12.4 Å². The van der Waals surface area contributed by atoms with E-state index in [0.717, 1.165) is 74.5 Å². The van der Waals surface area contributed by atoms with Crippen molar-refractivity contribution >= 4 is 11.8 Å². The molecule has 0 aliphatic rings. The highest BCUT2D eigenvalue weighted by Crippen LogP contribution is 2.16. The maximum atomic E-state index is 11.0. The van der Waals surface area contributed by atoms with Gasteiger partial charge in [-0.25, -0.2) is 0 Å². The number of nitro groups is 2. The minimum absolute atomic E-state index is 0.126. The molecule has 0 saturated heterocycles. The van der Waals surface area contributed by atoms with Crippen LogP contribution in [0.1, 0.15) is 75.7 Å². The number of hydrogen-bond donors (Lipinski definition) is 4. The zero-order valence-corrected chi connectivity index (χ0v) is 25.4. The van der Waals surface area contributed by atoms with Crippen LogP contribution in [-0.2, 0) is 12.3 Å². The third kappa shape index (κ3) is 20.5. The summed E-state index contributed by atoms with van der Waals surface area (Å²) in [5.41, 5.74) is 0. The Morgan fingerprint density at radius 3 is 2.08 bits per heavy atom. The molecule has 0 aliphatic carbocycles. The Kier molecular flexibility index (Phi) is 20.8. The molecule has 1 aromatic heterocycles. The molecular weight excluding hydrogens is 534 g/mol. The Bertz CT molecular complexity index is 838. The van der Waals surface area contributed by atoms with Crippen molar-refractivity contribution in [3.63, 3.8) is 0 Å². The van der Waals surface area contributed by atoms with Crippen molar-refractivity contribution in [1.82, 2.24) is 26.2 Å². The Morgan fingerprint density at radius 2 is 1.50 bits per heavy atom. The molecule has 0 bridgehead atoms. The minimum Gasteiger partial charge on any atom is -0.464 e. The molecule has 0 amide bonds. The van der Waals surface area contributed by atoms with Crippen molar-refractivity contribution in [2.45, 2.75) is 82.7 Å². The van der Waals surface area contributed by atoms with Crippen LogP contribution in [0.4, 0.5) is 0 Å². The Balaban J connectivity index is 1.99. The van der Waals surface area contributed by atoms with E-state index in [4.69, 9.17) is 4.42 Å². The lowest BCUT2D eigenvalue weighted by molar-refractivity contribution is -0.484. The van der Waals surface area contributed by atoms with E-state index in [1.54, 1.807) is 18.8 Å². The summed E-state index contributed by atoms with van der Waals surface area (Å²) in [5.74, 6) is 4.01. The monoisotopic (exact) mass is 585 g/mol. The van der Waals surface area contributed by atoms with Crippen LogP contribution in [0.5, 0.6) is 0 Å². The molecule has 230 valence electrons. The summed E-state index contributed by atoms with van der Waals surface area (Å²) in [6.07, 6.45) is 12.2. The number of furan rings is 1. The molecule has 1 heterocycles. The molecule has 1 aromatic rings. The molecule has 1 rings (SSSR count). The molecule has 12 nitrogen and oxygen atoms in total. The molecule has 4 N–H and O–H groups in total. The van der Waals surface area contributed by atoms with Crippen LogP contribution in [0.3, 0.4) is 0 Å². The third-order valence-corrected chi connectivity index (χ3v) is 7.20. The summed E-state index contributed by atoms with van der Waals surface area (Å²) in [5, 5.41) is 33.9. The third-order valence-electron chi connectivity index (χ3n) is 6.22. The molecule has 0 aliphatic heterocycles. The molecule has 0 spiro atoms. The quantitative estimate of drug-likeness (QED) is 0.0510. The topological polar surface area (TPSA) is 151 Å². The fourth-order valence-corrected chi connectivity index (χ4v) is 4.96. The van der Waals surface area contributed by atoms with E-state index in [2.05, 4.69) is 26.2 Å². The fourth-order valence-electron chi connectivity index (χ4n) is 4.19. The molecule has 13 heteroatoms. The Morgan fingerprint density at radius 1 is 0.925 bits per heavy atom. The lowest BCUT2D eigenvalue weighted by atomic mass is 10.1. The maximum absolute atomic E-state index is 11.0. The molecule has 0 saturated carbocycles. The number of nitrogens with one attached hydrogen (secondary N) is 4. The number of thioether (sulfide) groups is 1. The van der Waals surface area contributed by atoms with Gasteiger partial charge in [0.05, 0.1) is 17.2 Å². The predicted molar refractivity (Wildman–Crippen MR) is 162 cm³/mol. The second-order valence-electron chi connectivity index (χ2n) is 10.2. The molecule has 0 radical (unpaired) electrons. The van der Waals surface area contributed by atoms with E-state index in [-0.39, 0.29) is 17.6 Å². The Labute approximate surface area is 243 Å². The molecule has 0 fully saturated rings. The molecule has 1 atom stereocenters. The summed E-state index contributed by atoms with van der Waals surface area (Å²) < 4.78 is 5.82. The summed E-state index contributed by atoms with van der Waals surface area (Å²) >= 11 is 1.76. The zero-order chi connectivity index (χ0) is 29.4. The van der Waals surface area contributed by atoms with Crippen molar-refractivity contribution in [3.05, 3.63) is 55.9 Å². The molecule has 1 unspecified atom stereocenters. The number of unbranched alkanes of at least 4 members (excludes halogenated alkanes) is 9. The first-order valence-electron chi connectivity index (χ1n) is 14.5. The van der Waals surface area contributed by atoms with Gasteiger partial charge in [0.25, 0.3) is 6.20 Å². The van der Waals surface area contributed by atoms with Gasteiger partial charge in [-0.05, 0) is 45.6 Å². The average Bonchev–Trinajstić information content (AvgIpc) is 3.33. The van der Waals surface area contributed by atoms with Gasteiger partial charge < -0.3 is 20.0 Å². The van der Waals surface area contributed by atoms with Gasteiger partial charge in [-0.15, -0.1) is 0 Å². The second kappa shape index (κ2) is 23.4. The van der Waals surface area contributed by atoms with Crippen molar-refractivity contribution < 1.29 is 14.3 Å². The highest BCUT2D eigenvalue weighted by Gasteiger charge is 2.13. The summed E-state index contributed by atoms with van der Waals surface area (Å²) in [7, 11) is 5.69. The van der Waals surface area contributed by atoms with Crippen LogP contribution >= 0.6 is 11.8 Å². The van der Waals surface area contributed by atoms with Gasteiger partial charge in [0, 0.05) is 30.8 Å². The van der Waals surface area contributed by atoms with Crippen molar-refractivity contribution in [1.29, 1.82) is 0 Å². The molecule has 40 heavy (non-hydrogen) atoms. The fraction of sp³-hybridized carbons (Fsp3) is 0.778. The number of rotatable bonds is 27. The standard InChI is InChI=1S/C27H51N7O5S/c1-28-26(21-33(35)36)29-16-12-10-8-6-4-5-7-9-11-13-17-30-27(22-34(37)38)31-18-19-40-23-25-15-14-24(39-25)20-32(2)3/h14-15,21,27-31H,4-13,16-20,22-23H2,1-3H3. The maximum Gasteiger partial charge on any atom is 0.274 e. The van der Waals surface area contributed by atoms with Gasteiger partial charge in [0.2, 0.25) is 6.54 Å². The Hall–Kier alpha value is -2.35. The van der Waals surface area contributed by atoms with Crippen LogP contribution in [0, 0.1) is 20.2 Å². The van der Waals surface area contributed by atoms with E-state index in [1.165, 1.54) is 38.5 Å². The van der Waals surface area contributed by atoms with Crippen LogP contribution in [0.2, 0.25) is 0 Å². The van der Waals surface area contributed by atoms with E-state index in [9.17, 15) is 20.2 Å². The molecular formula is C27H51N7O5S. The van der Waals surface area contributed by atoms with Crippen molar-refractivity contribution in [2.75, 3.05) is 53.1 Å². The van der Waals surface area contributed by atoms with Gasteiger partial charge in [-0.3, -0.25) is 30.9 Å². The van der Waals surface area contributed by atoms with Crippen molar-refractivity contribution in [2.24, 2.45) is 0 Å². The molecule has 0 aromatic carbocycles. The highest BCUT2D eigenvalue weighted by molar-refractivity contribution is 7.98. The normalized spacial score (nSPS) is 12.6. The van der Waals surface area contributed by atoms with Gasteiger partial charge in [-0.2, -0.15) is 11.8 Å². The van der Waals surface area contributed by atoms with E-state index < -0.39 is 4.92 Å². The zero-order valence-electron chi connectivity index (χ0n) is 24.6. The smallest absolute Gasteiger partial charge is 0.274 e. The SMILES string of the molecule is CNC(=C[N+](=O)[O-])NCCCCCCCCCCCCNC(C[N+](=O)[O-])NCCSCc1ccc(CN(C)C)o1. The van der Waals surface area contributed by atoms with E-state index >= 15 is 0 Å². The summed E-state index contributed by atoms with van der Waals surface area (Å²) in [4.78, 5) is 22.9. The van der Waals surface area contributed by atoms with Crippen LogP contribution in [0.15, 0.2) is 28.6 Å². The van der Waals surface area contributed by atoms with Crippen LogP contribution < -0.4 is 21.3 Å². The van der Waals surface area contributed by atoms with E-state index in [1.807, 2.05) is 26.2 Å². The predicted octanol–water partition coefficient (Wildman–Crippen LogP) is 4.14. The van der Waals surface area contributed by atoms with Crippen LogP contribution in [0.25, 0.3) is 0 Å². The first-order chi connectivity index (χ1) is 19.3. The largest absolute Gasteiger partial charge is 0.464 e. The summed E-state index contributed by atoms with van der Waals surface area (Å²) in [6.45, 7) is 2.87. The summed E-state index contributed by atoms with van der Waals surface area (Å²) in [6, 6.07) is 4.03. The lowest BCUT2D eigenvalue weighted by Gasteiger charge is -2.16. The van der Waals surface area contributed by atoms with Gasteiger partial charge in [0.1, 0.15) is 17.7 Å². The van der Waals surface area contributed by atoms with Gasteiger partial charge in [-0.1, -0.05) is 51.4 Å². The van der Waals surface area contributed by atoms with Crippen molar-refractivity contribution in [3.8, 4) is 0 Å².